The van der Waals surface area contributed by atoms with Gasteiger partial charge < -0.3 is 9.73 Å². The molecular weight excluding hydrogens is 443 g/mol. The average molecular weight is 457 g/mol. The molecule has 0 unspecified atom stereocenters. The van der Waals surface area contributed by atoms with Gasteiger partial charge in [-0.05, 0) is 29.8 Å². The summed E-state index contributed by atoms with van der Waals surface area (Å²) in [5.74, 6) is 0.117. The zero-order valence-corrected chi connectivity index (χ0v) is 17.0. The summed E-state index contributed by atoms with van der Waals surface area (Å²) in [6, 6.07) is 11.0. The van der Waals surface area contributed by atoms with Gasteiger partial charge in [0.1, 0.15) is 10.6 Å². The molecule has 10 heteroatoms. The Hall–Kier alpha value is -3.66. The third kappa shape index (κ3) is 4.97. The maximum atomic E-state index is 13.2. The van der Waals surface area contributed by atoms with Gasteiger partial charge in [-0.2, -0.15) is 13.2 Å². The molecule has 0 radical (unpaired) electrons. The van der Waals surface area contributed by atoms with Gasteiger partial charge in [0.05, 0.1) is 11.8 Å². The van der Waals surface area contributed by atoms with E-state index in [1.165, 1.54) is 23.9 Å². The van der Waals surface area contributed by atoms with Crippen molar-refractivity contribution < 1.29 is 22.4 Å². The lowest BCUT2D eigenvalue weighted by Gasteiger charge is -2.11. The number of rotatable bonds is 5. The highest BCUT2D eigenvalue weighted by Gasteiger charge is 2.33. The fourth-order valence-corrected chi connectivity index (χ4v) is 3.76. The number of carbonyl (C=O) groups is 1. The molecule has 0 spiro atoms. The summed E-state index contributed by atoms with van der Waals surface area (Å²) in [5, 5.41) is 3.10. The zero-order chi connectivity index (χ0) is 22.7. The van der Waals surface area contributed by atoms with Gasteiger partial charge in [0.25, 0.3) is 5.91 Å². The maximum Gasteiger partial charge on any atom is 0.417 e. The number of aromatic nitrogens is 2. The summed E-state index contributed by atoms with van der Waals surface area (Å²) >= 11 is 1.46. The monoisotopic (exact) mass is 457 g/mol. The van der Waals surface area contributed by atoms with E-state index in [1.807, 2.05) is 6.07 Å². The van der Waals surface area contributed by atoms with E-state index >= 15 is 0 Å². The molecule has 0 aliphatic carbocycles. The minimum atomic E-state index is -4.71. The van der Waals surface area contributed by atoms with Crippen LogP contribution in [-0.4, -0.2) is 15.9 Å². The van der Waals surface area contributed by atoms with Gasteiger partial charge in [-0.1, -0.05) is 12.1 Å². The Bertz CT molecular complexity index is 1340. The molecule has 4 rings (SSSR count). The molecule has 0 aliphatic heterocycles. The summed E-state index contributed by atoms with van der Waals surface area (Å²) in [4.78, 5) is 32.4. The van der Waals surface area contributed by atoms with Crippen LogP contribution in [0, 0.1) is 0 Å². The largest absolute Gasteiger partial charge is 0.423 e. The molecule has 162 valence electrons. The van der Waals surface area contributed by atoms with E-state index in [-0.39, 0.29) is 16.7 Å². The number of alkyl halides is 3. The topological polar surface area (TPSA) is 85.1 Å². The molecular formula is C22H14F3N3O3S. The maximum absolute atomic E-state index is 13.2. The third-order valence-corrected chi connectivity index (χ3v) is 5.41. The first-order valence-electron chi connectivity index (χ1n) is 9.24. The number of benzene rings is 2. The zero-order valence-electron chi connectivity index (χ0n) is 16.2. The van der Waals surface area contributed by atoms with Gasteiger partial charge in [0.15, 0.2) is 0 Å². The second kappa shape index (κ2) is 8.83. The van der Waals surface area contributed by atoms with Crippen LogP contribution in [0.4, 0.5) is 18.9 Å². The van der Waals surface area contributed by atoms with Crippen LogP contribution in [0.3, 0.4) is 0 Å². The van der Waals surface area contributed by atoms with E-state index in [0.29, 0.717) is 17.4 Å². The van der Waals surface area contributed by atoms with Gasteiger partial charge >= 0.3 is 11.8 Å². The standard InChI is InChI=1S/C22H14F3N3O3S/c23-22(24,25)17-10-20(29)31-18-9-15(4-5-16(17)18)28-21(30)14-3-1-2-13(8-14)12-32-19-11-26-6-7-27-19/h1-11H,12H2,(H,28,30). The molecule has 2 aromatic heterocycles. The predicted molar refractivity (Wildman–Crippen MR) is 113 cm³/mol. The minimum absolute atomic E-state index is 0.198. The Labute approximate surface area is 183 Å². The van der Waals surface area contributed by atoms with Crippen molar-refractivity contribution in [2.45, 2.75) is 17.0 Å². The van der Waals surface area contributed by atoms with Gasteiger partial charge in [-0.25, -0.2) is 9.78 Å². The second-order valence-electron chi connectivity index (χ2n) is 6.67. The average Bonchev–Trinajstić information content (AvgIpc) is 2.77. The minimum Gasteiger partial charge on any atom is -0.423 e. The Morgan fingerprint density at radius 2 is 1.94 bits per heavy atom. The van der Waals surface area contributed by atoms with Gasteiger partial charge in [-0.15, -0.1) is 11.8 Å². The van der Waals surface area contributed by atoms with Crippen LogP contribution in [0.1, 0.15) is 21.5 Å². The summed E-state index contributed by atoms with van der Waals surface area (Å²) in [7, 11) is 0. The number of hydrogen-bond donors (Lipinski definition) is 1. The highest BCUT2D eigenvalue weighted by molar-refractivity contribution is 7.98. The van der Waals surface area contributed by atoms with Crippen molar-refractivity contribution in [2.24, 2.45) is 0 Å². The number of nitrogens with one attached hydrogen (secondary N) is 1. The lowest BCUT2D eigenvalue weighted by atomic mass is 10.1. The number of fused-ring (bicyclic) bond motifs is 1. The van der Waals surface area contributed by atoms with Crippen molar-refractivity contribution in [3.63, 3.8) is 0 Å². The molecule has 2 aromatic carbocycles. The number of carbonyl (C=O) groups excluding carboxylic acids is 1. The Balaban J connectivity index is 1.53. The van der Waals surface area contributed by atoms with E-state index in [0.717, 1.165) is 16.7 Å². The molecule has 0 fully saturated rings. The van der Waals surface area contributed by atoms with E-state index < -0.39 is 23.3 Å². The van der Waals surface area contributed by atoms with Gasteiger partial charge in [-0.3, -0.25) is 9.78 Å². The summed E-state index contributed by atoms with van der Waals surface area (Å²) in [5.41, 5.74) is -1.03. The molecule has 1 N–H and O–H groups in total. The molecule has 0 saturated carbocycles. The number of halogens is 3. The summed E-state index contributed by atoms with van der Waals surface area (Å²) < 4.78 is 44.4. The Morgan fingerprint density at radius 1 is 1.09 bits per heavy atom. The molecule has 0 bridgehead atoms. The number of amides is 1. The highest BCUT2D eigenvalue weighted by atomic mass is 32.2. The van der Waals surface area contributed by atoms with Crippen molar-refractivity contribution in [1.82, 2.24) is 9.97 Å². The number of thioether (sulfide) groups is 1. The van der Waals surface area contributed by atoms with Crippen molar-refractivity contribution >= 4 is 34.3 Å². The third-order valence-electron chi connectivity index (χ3n) is 4.42. The van der Waals surface area contributed by atoms with Crippen LogP contribution < -0.4 is 10.9 Å². The van der Waals surface area contributed by atoms with Crippen molar-refractivity contribution in [3.05, 3.63) is 94.2 Å². The Morgan fingerprint density at radius 3 is 2.69 bits per heavy atom. The van der Waals surface area contributed by atoms with Crippen LogP contribution in [0.2, 0.25) is 0 Å². The first kappa shape index (κ1) is 21.6. The van der Waals surface area contributed by atoms with Crippen molar-refractivity contribution in [3.8, 4) is 0 Å². The van der Waals surface area contributed by atoms with E-state index in [1.54, 1.807) is 36.8 Å². The van der Waals surface area contributed by atoms with Crippen LogP contribution in [0.5, 0.6) is 0 Å². The van der Waals surface area contributed by atoms with Gasteiger partial charge in [0.2, 0.25) is 0 Å². The van der Waals surface area contributed by atoms with Crippen molar-refractivity contribution in [1.29, 1.82) is 0 Å². The fraction of sp³-hybridized carbons (Fsp3) is 0.0909. The lowest BCUT2D eigenvalue weighted by Crippen LogP contribution is -2.13. The predicted octanol–water partition coefficient (Wildman–Crippen LogP) is 5.15. The number of hydrogen-bond acceptors (Lipinski definition) is 6. The normalized spacial score (nSPS) is 11.5. The van der Waals surface area contributed by atoms with E-state index in [9.17, 15) is 22.8 Å². The molecule has 1 amide bonds. The van der Waals surface area contributed by atoms with E-state index in [4.69, 9.17) is 4.42 Å². The van der Waals surface area contributed by atoms with Crippen LogP contribution in [0.25, 0.3) is 11.0 Å². The summed E-state index contributed by atoms with van der Waals surface area (Å²) in [6.45, 7) is 0. The molecule has 0 aliphatic rings. The second-order valence-corrected chi connectivity index (χ2v) is 7.67. The first-order chi connectivity index (χ1) is 15.3. The van der Waals surface area contributed by atoms with Gasteiger partial charge in [0, 0.05) is 46.9 Å². The Kier molecular flexibility index (Phi) is 5.95. The lowest BCUT2D eigenvalue weighted by molar-refractivity contribution is -0.136. The smallest absolute Gasteiger partial charge is 0.417 e. The van der Waals surface area contributed by atoms with Crippen LogP contribution >= 0.6 is 11.8 Å². The SMILES string of the molecule is O=C(Nc1ccc2c(C(F)(F)F)cc(=O)oc2c1)c1cccc(CSc2cnccn2)c1. The molecule has 0 atom stereocenters. The fourth-order valence-electron chi connectivity index (χ4n) is 3.00. The molecule has 2 heterocycles. The van der Waals surface area contributed by atoms with Crippen LogP contribution in [0.15, 0.2) is 81.4 Å². The van der Waals surface area contributed by atoms with Crippen LogP contribution in [-0.2, 0) is 11.9 Å². The summed E-state index contributed by atoms with van der Waals surface area (Å²) in [6.07, 6.45) is 0.110. The van der Waals surface area contributed by atoms with E-state index in [2.05, 4.69) is 15.3 Å². The highest BCUT2D eigenvalue weighted by Crippen LogP contribution is 2.34. The molecule has 6 nitrogen and oxygen atoms in total. The first-order valence-corrected chi connectivity index (χ1v) is 10.2. The number of anilines is 1. The molecule has 32 heavy (non-hydrogen) atoms. The molecule has 4 aromatic rings. The molecule has 0 saturated heterocycles. The number of nitrogens with zero attached hydrogens (tertiary/aromatic N) is 2. The quantitative estimate of drug-likeness (QED) is 0.330. The van der Waals surface area contributed by atoms with Crippen molar-refractivity contribution in [2.75, 3.05) is 5.32 Å².